The lowest BCUT2D eigenvalue weighted by Crippen LogP contribution is -2.49. The number of amides is 1. The van der Waals surface area contributed by atoms with Crippen LogP contribution in [0.1, 0.15) is 12.0 Å². The minimum absolute atomic E-state index is 0.0407. The van der Waals surface area contributed by atoms with Gasteiger partial charge < -0.3 is 25.1 Å². The first kappa shape index (κ1) is 28.1. The Labute approximate surface area is 191 Å². The third kappa shape index (κ3) is 10.6. The molecule has 0 saturated carbocycles. The van der Waals surface area contributed by atoms with Crippen LogP contribution < -0.4 is 20.9 Å². The van der Waals surface area contributed by atoms with Crippen molar-refractivity contribution >= 4 is 18.3 Å². The van der Waals surface area contributed by atoms with E-state index in [4.69, 9.17) is 14.9 Å². The standard InChI is InChI=1S/C14H15N3O4.C6H8F3NO3/c18-13-8-12(21-7-6-15-14(19)20)9-16-17(13)10-11-4-2-1-3-5-11;7-5(8)6(9,1-2-11)10-3-4(12)13/h1-5,8-9,15H,6-7,10H2,(H,19,20);2,5,10H,1,3H2,(H,12,13). The number of ether oxygens (including phenoxy) is 1. The maximum absolute atomic E-state index is 12.9. The van der Waals surface area contributed by atoms with E-state index in [0.717, 1.165) is 5.56 Å². The molecule has 11 nitrogen and oxygen atoms in total. The Morgan fingerprint density at radius 2 is 1.91 bits per heavy atom. The number of rotatable bonds is 12. The Hall–Kier alpha value is -3.94. The number of carbonyl (C=O) groups excluding carboxylic acids is 1. The minimum atomic E-state index is -3.45. The highest BCUT2D eigenvalue weighted by Crippen LogP contribution is 2.20. The highest BCUT2D eigenvalue weighted by atomic mass is 19.3. The van der Waals surface area contributed by atoms with Crippen LogP contribution in [0, 0.1) is 0 Å². The number of carboxylic acids is 1. The molecule has 1 aromatic heterocycles. The van der Waals surface area contributed by atoms with E-state index >= 15 is 0 Å². The van der Waals surface area contributed by atoms with Gasteiger partial charge in [0.05, 0.1) is 32.3 Å². The number of nitrogens with zero attached hydrogens (tertiary/aromatic N) is 2. The molecule has 0 aliphatic rings. The number of halogens is 3. The van der Waals surface area contributed by atoms with E-state index in [1.54, 1.807) is 0 Å². The van der Waals surface area contributed by atoms with Crippen LogP contribution in [0.2, 0.25) is 0 Å². The number of carbonyl (C=O) groups is 3. The maximum Gasteiger partial charge on any atom is 0.404 e. The summed E-state index contributed by atoms with van der Waals surface area (Å²) in [5, 5.41) is 24.1. The fraction of sp³-hybridized carbons (Fsp3) is 0.350. The van der Waals surface area contributed by atoms with Crippen LogP contribution in [0.3, 0.4) is 0 Å². The van der Waals surface area contributed by atoms with Crippen molar-refractivity contribution in [2.75, 3.05) is 19.7 Å². The molecular weight excluding hydrogens is 465 g/mol. The summed E-state index contributed by atoms with van der Waals surface area (Å²) in [6, 6.07) is 10.9. The first-order valence-corrected chi connectivity index (χ1v) is 9.65. The van der Waals surface area contributed by atoms with E-state index < -0.39 is 37.2 Å². The fourth-order valence-electron chi connectivity index (χ4n) is 2.28. The van der Waals surface area contributed by atoms with Gasteiger partial charge in [0, 0.05) is 6.07 Å². The Morgan fingerprint density at radius 3 is 2.44 bits per heavy atom. The molecule has 2 aromatic rings. The van der Waals surface area contributed by atoms with Gasteiger partial charge in [0.2, 0.25) is 5.79 Å². The number of aliphatic carboxylic acids is 1. The molecule has 0 radical (unpaired) electrons. The number of alkyl halides is 3. The van der Waals surface area contributed by atoms with E-state index in [0.29, 0.717) is 12.3 Å². The summed E-state index contributed by atoms with van der Waals surface area (Å²) >= 11 is 0. The molecule has 14 heteroatoms. The molecule has 1 aromatic carbocycles. The highest BCUT2D eigenvalue weighted by molar-refractivity contribution is 5.69. The summed E-state index contributed by atoms with van der Waals surface area (Å²) in [5.41, 5.74) is 0.703. The maximum atomic E-state index is 12.9. The van der Waals surface area contributed by atoms with E-state index in [-0.39, 0.29) is 25.0 Å². The molecule has 0 aliphatic carbocycles. The number of aromatic nitrogens is 2. The quantitative estimate of drug-likeness (QED) is 0.195. The molecule has 0 fully saturated rings. The van der Waals surface area contributed by atoms with Gasteiger partial charge in [-0.2, -0.15) is 5.10 Å². The second kappa shape index (κ2) is 14.3. The van der Waals surface area contributed by atoms with Gasteiger partial charge in [-0.15, -0.1) is 0 Å². The summed E-state index contributed by atoms with van der Waals surface area (Å²) < 4.78 is 43.4. The fourth-order valence-corrected chi connectivity index (χ4v) is 2.28. The van der Waals surface area contributed by atoms with Gasteiger partial charge in [0.1, 0.15) is 18.6 Å². The third-order valence-electron chi connectivity index (χ3n) is 3.93. The number of nitrogens with one attached hydrogen (secondary N) is 2. The zero-order valence-electron chi connectivity index (χ0n) is 17.7. The lowest BCUT2D eigenvalue weighted by molar-refractivity contribution is -0.139. The molecular formula is C20H23F3N4O7. The van der Waals surface area contributed by atoms with Crippen molar-refractivity contribution in [1.29, 1.82) is 0 Å². The lowest BCUT2D eigenvalue weighted by atomic mass is 10.2. The summed E-state index contributed by atoms with van der Waals surface area (Å²) in [4.78, 5) is 41.9. The SMILES string of the molecule is O=C(O)NCCOc1cnn(Cc2ccccc2)c(=O)c1.O=CCC(F)(NCC(=O)O)C(F)F. The smallest absolute Gasteiger partial charge is 0.404 e. The van der Waals surface area contributed by atoms with Crippen LogP contribution in [-0.2, 0) is 16.1 Å². The van der Waals surface area contributed by atoms with E-state index in [2.05, 4.69) is 10.4 Å². The molecule has 0 aliphatic heterocycles. The Kier molecular flexibility index (Phi) is 11.8. The van der Waals surface area contributed by atoms with E-state index in [1.165, 1.54) is 22.3 Å². The molecule has 1 unspecified atom stereocenters. The zero-order chi connectivity index (χ0) is 25.6. The second-order valence-electron chi connectivity index (χ2n) is 6.53. The number of hydrogen-bond donors (Lipinski definition) is 4. The van der Waals surface area contributed by atoms with Gasteiger partial charge in [-0.3, -0.25) is 14.9 Å². The normalized spacial score (nSPS) is 12.1. The first-order valence-electron chi connectivity index (χ1n) is 9.65. The average Bonchev–Trinajstić information content (AvgIpc) is 2.78. The highest BCUT2D eigenvalue weighted by Gasteiger charge is 2.40. The van der Waals surface area contributed by atoms with E-state index in [1.807, 2.05) is 30.3 Å². The number of hydrogen-bond acceptors (Lipinski definition) is 7. The van der Waals surface area contributed by atoms with Crippen LogP contribution in [0.15, 0.2) is 47.4 Å². The van der Waals surface area contributed by atoms with Crippen LogP contribution in [-0.4, -0.2) is 70.3 Å². The first-order chi connectivity index (χ1) is 16.1. The molecule has 1 amide bonds. The predicted molar refractivity (Wildman–Crippen MR) is 112 cm³/mol. The molecule has 0 spiro atoms. The van der Waals surface area contributed by atoms with E-state index in [9.17, 15) is 32.3 Å². The monoisotopic (exact) mass is 488 g/mol. The Bertz CT molecular complexity index is 992. The van der Waals surface area contributed by atoms with Crippen molar-refractivity contribution in [2.24, 2.45) is 0 Å². The summed E-state index contributed by atoms with van der Waals surface area (Å²) in [7, 11) is 0. The lowest BCUT2D eigenvalue weighted by Gasteiger charge is -2.22. The molecule has 0 bridgehead atoms. The predicted octanol–water partition coefficient (Wildman–Crippen LogP) is 1.12. The van der Waals surface area contributed by atoms with Crippen molar-refractivity contribution in [3.05, 3.63) is 58.5 Å². The van der Waals surface area contributed by atoms with Crippen LogP contribution in [0.5, 0.6) is 5.75 Å². The molecule has 1 heterocycles. The van der Waals surface area contributed by atoms with Crippen molar-refractivity contribution in [3.63, 3.8) is 0 Å². The average molecular weight is 488 g/mol. The topological polar surface area (TPSA) is 160 Å². The van der Waals surface area contributed by atoms with Gasteiger partial charge in [0.15, 0.2) is 0 Å². The molecule has 4 N–H and O–H groups in total. The molecule has 34 heavy (non-hydrogen) atoms. The van der Waals surface area contributed by atoms with Gasteiger partial charge >= 0.3 is 12.1 Å². The van der Waals surface area contributed by atoms with Crippen LogP contribution in [0.25, 0.3) is 0 Å². The number of benzene rings is 1. The van der Waals surface area contributed by atoms with Crippen molar-refractivity contribution in [1.82, 2.24) is 20.4 Å². The van der Waals surface area contributed by atoms with Gasteiger partial charge in [-0.05, 0) is 5.56 Å². The minimum Gasteiger partial charge on any atom is -0.490 e. The third-order valence-corrected chi connectivity index (χ3v) is 3.93. The van der Waals surface area contributed by atoms with Crippen LogP contribution >= 0.6 is 0 Å². The Balaban J connectivity index is 0.000000385. The van der Waals surface area contributed by atoms with Gasteiger partial charge in [-0.25, -0.2) is 22.6 Å². The second-order valence-corrected chi connectivity index (χ2v) is 6.53. The number of aldehydes is 1. The van der Waals surface area contributed by atoms with Crippen molar-refractivity contribution in [3.8, 4) is 5.75 Å². The molecule has 1 atom stereocenters. The van der Waals surface area contributed by atoms with Gasteiger partial charge in [-0.1, -0.05) is 30.3 Å². The van der Waals surface area contributed by atoms with Crippen molar-refractivity contribution < 1.29 is 42.5 Å². The summed E-state index contributed by atoms with van der Waals surface area (Å²) in [5.74, 6) is -4.41. The summed E-state index contributed by atoms with van der Waals surface area (Å²) in [6.45, 7) is -0.298. The molecule has 186 valence electrons. The largest absolute Gasteiger partial charge is 0.490 e. The molecule has 2 rings (SSSR count). The Morgan fingerprint density at radius 1 is 1.24 bits per heavy atom. The zero-order valence-corrected chi connectivity index (χ0v) is 17.7. The van der Waals surface area contributed by atoms with Crippen molar-refractivity contribution in [2.45, 2.75) is 25.2 Å². The van der Waals surface area contributed by atoms with Crippen LogP contribution in [0.4, 0.5) is 18.0 Å². The summed E-state index contributed by atoms with van der Waals surface area (Å²) in [6.07, 6.45) is -4.25. The van der Waals surface area contributed by atoms with Gasteiger partial charge in [0.25, 0.3) is 12.0 Å². The number of carboxylic acid groups (broad SMARTS) is 2. The molecule has 0 saturated heterocycles.